The zero-order valence-electron chi connectivity index (χ0n) is 20.4. The van der Waals surface area contributed by atoms with Gasteiger partial charge in [-0.25, -0.2) is 13.1 Å². The van der Waals surface area contributed by atoms with E-state index in [2.05, 4.69) is 27.9 Å². The van der Waals surface area contributed by atoms with Crippen LogP contribution in [-0.4, -0.2) is 30.1 Å². The summed E-state index contributed by atoms with van der Waals surface area (Å²) in [6.45, 7) is 0.262. The number of pyridine rings is 1. The second kappa shape index (κ2) is 10.3. The van der Waals surface area contributed by atoms with Crippen LogP contribution in [0, 0.1) is 0 Å². The fourth-order valence-corrected chi connectivity index (χ4v) is 5.29. The summed E-state index contributed by atoms with van der Waals surface area (Å²) in [5, 5.41) is 0.983. The lowest BCUT2D eigenvalue weighted by Gasteiger charge is -2.13. The molecule has 2 N–H and O–H groups in total. The van der Waals surface area contributed by atoms with Crippen molar-refractivity contribution in [2.45, 2.75) is 13.0 Å². The van der Waals surface area contributed by atoms with E-state index in [0.29, 0.717) is 21.5 Å². The minimum Gasteiger partial charge on any atom is -0.331 e. The Bertz CT molecular complexity index is 1830. The van der Waals surface area contributed by atoms with Crippen LogP contribution in [0.2, 0.25) is 5.02 Å². The summed E-state index contributed by atoms with van der Waals surface area (Å²) in [6.07, 6.45) is 3.14. The monoisotopic (exact) mass is 545 g/mol. The molecule has 0 spiro atoms. The molecule has 0 fully saturated rings. The minimum absolute atomic E-state index is 0.0536. The van der Waals surface area contributed by atoms with Crippen molar-refractivity contribution in [3.63, 3.8) is 0 Å². The minimum atomic E-state index is -3.88. The first kappa shape index (κ1) is 25.5. The van der Waals surface area contributed by atoms with E-state index >= 15 is 0 Å². The van der Waals surface area contributed by atoms with Crippen LogP contribution in [0.25, 0.3) is 22.0 Å². The molecule has 0 atom stereocenters. The standard InChI is InChI=1S/C29H24ClN3O4S/c1-38(36,37)32-29(35)27-26(23-11-6-14-31-28(23)34)24-17-22(30)12-13-25(24)33(27)18-21-10-5-9-20(16-21)15-19-7-3-2-4-8-19/h2-14,16-17H,15,18H2,1H3,(H,31,34)(H,32,35). The van der Waals surface area contributed by atoms with Crippen LogP contribution in [0.1, 0.15) is 27.2 Å². The molecule has 0 unspecified atom stereocenters. The van der Waals surface area contributed by atoms with Gasteiger partial charge in [-0.3, -0.25) is 9.59 Å². The lowest BCUT2D eigenvalue weighted by atomic mass is 10.0. The van der Waals surface area contributed by atoms with Gasteiger partial charge in [-0.2, -0.15) is 0 Å². The molecule has 1 amide bonds. The molecule has 192 valence electrons. The van der Waals surface area contributed by atoms with Crippen LogP contribution in [0.4, 0.5) is 0 Å². The van der Waals surface area contributed by atoms with Crippen molar-refractivity contribution >= 4 is 38.4 Å². The highest BCUT2D eigenvalue weighted by molar-refractivity contribution is 7.89. The maximum atomic E-state index is 13.5. The third-order valence-electron chi connectivity index (χ3n) is 6.19. The van der Waals surface area contributed by atoms with Gasteiger partial charge in [0.25, 0.3) is 11.5 Å². The first-order valence-corrected chi connectivity index (χ1v) is 14.1. The van der Waals surface area contributed by atoms with E-state index in [-0.39, 0.29) is 17.8 Å². The Balaban J connectivity index is 1.70. The summed E-state index contributed by atoms with van der Waals surface area (Å²) in [5.41, 5.74) is 4.00. The van der Waals surface area contributed by atoms with E-state index in [1.807, 2.05) is 36.4 Å². The predicted molar refractivity (Wildman–Crippen MR) is 150 cm³/mol. The van der Waals surface area contributed by atoms with E-state index < -0.39 is 21.5 Å². The fourth-order valence-electron chi connectivity index (χ4n) is 4.69. The summed E-state index contributed by atoms with van der Waals surface area (Å²) in [5.74, 6) is -0.835. The third-order valence-corrected chi connectivity index (χ3v) is 6.98. The van der Waals surface area contributed by atoms with Crippen molar-refractivity contribution in [3.8, 4) is 11.1 Å². The van der Waals surface area contributed by atoms with Crippen LogP contribution in [-0.2, 0) is 23.0 Å². The van der Waals surface area contributed by atoms with Gasteiger partial charge >= 0.3 is 0 Å². The average molecular weight is 546 g/mol. The van der Waals surface area contributed by atoms with Gasteiger partial charge in [0, 0.05) is 39.8 Å². The number of sulfonamides is 1. The summed E-state index contributed by atoms with van der Waals surface area (Å²) >= 11 is 6.33. The van der Waals surface area contributed by atoms with Crippen molar-refractivity contribution < 1.29 is 13.2 Å². The normalized spacial score (nSPS) is 11.5. The molecule has 0 aliphatic heterocycles. The number of hydrogen-bond donors (Lipinski definition) is 2. The van der Waals surface area contributed by atoms with Crippen molar-refractivity contribution in [3.05, 3.63) is 129 Å². The van der Waals surface area contributed by atoms with Crippen LogP contribution in [0.5, 0.6) is 0 Å². The molecule has 0 aliphatic carbocycles. The summed E-state index contributed by atoms with van der Waals surface area (Å²) in [4.78, 5) is 29.0. The van der Waals surface area contributed by atoms with E-state index in [1.165, 1.54) is 11.8 Å². The van der Waals surface area contributed by atoms with E-state index in [0.717, 1.165) is 23.8 Å². The molecule has 7 nitrogen and oxygen atoms in total. The molecular formula is C29H24ClN3O4S. The second-order valence-electron chi connectivity index (χ2n) is 9.07. The van der Waals surface area contributed by atoms with Gasteiger partial charge < -0.3 is 9.55 Å². The van der Waals surface area contributed by atoms with E-state index in [1.54, 1.807) is 34.9 Å². The number of carbonyl (C=O) groups excluding carboxylic acids is 1. The number of nitrogens with zero attached hydrogens (tertiary/aromatic N) is 1. The molecule has 5 rings (SSSR count). The smallest absolute Gasteiger partial charge is 0.282 e. The van der Waals surface area contributed by atoms with Gasteiger partial charge in [0.05, 0.1) is 6.26 Å². The maximum Gasteiger partial charge on any atom is 0.282 e. The van der Waals surface area contributed by atoms with Crippen LogP contribution in [0.15, 0.2) is 95.9 Å². The van der Waals surface area contributed by atoms with E-state index in [9.17, 15) is 18.0 Å². The number of carbonyl (C=O) groups is 1. The van der Waals surface area contributed by atoms with Gasteiger partial charge in [-0.1, -0.05) is 66.2 Å². The molecule has 0 aliphatic rings. The number of amides is 1. The molecule has 5 aromatic rings. The summed E-state index contributed by atoms with van der Waals surface area (Å²) in [7, 11) is -3.88. The fraction of sp³-hybridized carbons (Fsp3) is 0.103. The van der Waals surface area contributed by atoms with Gasteiger partial charge in [0.2, 0.25) is 10.0 Å². The van der Waals surface area contributed by atoms with Crippen molar-refractivity contribution in [1.29, 1.82) is 0 Å². The van der Waals surface area contributed by atoms with Crippen LogP contribution < -0.4 is 10.3 Å². The van der Waals surface area contributed by atoms with Crippen LogP contribution in [0.3, 0.4) is 0 Å². The SMILES string of the molecule is CS(=O)(=O)NC(=O)c1c(-c2ccc[nH]c2=O)c2cc(Cl)ccc2n1Cc1cccc(Cc2ccccc2)c1. The zero-order chi connectivity index (χ0) is 26.9. The van der Waals surface area contributed by atoms with Gasteiger partial charge in [-0.05, 0) is 53.4 Å². The molecule has 3 aromatic carbocycles. The lowest BCUT2D eigenvalue weighted by molar-refractivity contribution is 0.0974. The number of H-pyrrole nitrogens is 1. The largest absolute Gasteiger partial charge is 0.331 e. The predicted octanol–water partition coefficient (Wildman–Crippen LogP) is 4.98. The highest BCUT2D eigenvalue weighted by Crippen LogP contribution is 2.36. The second-order valence-corrected chi connectivity index (χ2v) is 11.3. The van der Waals surface area contributed by atoms with Gasteiger partial charge in [-0.15, -0.1) is 0 Å². The number of benzene rings is 3. The Morgan fingerprint density at radius 2 is 1.66 bits per heavy atom. The van der Waals surface area contributed by atoms with Crippen molar-refractivity contribution in [2.24, 2.45) is 0 Å². The van der Waals surface area contributed by atoms with Crippen molar-refractivity contribution in [2.75, 3.05) is 6.26 Å². The maximum absolute atomic E-state index is 13.5. The lowest BCUT2D eigenvalue weighted by Crippen LogP contribution is -2.31. The molecule has 9 heteroatoms. The topological polar surface area (TPSA) is 101 Å². The first-order chi connectivity index (χ1) is 18.2. The summed E-state index contributed by atoms with van der Waals surface area (Å²) < 4.78 is 27.9. The number of aromatic nitrogens is 2. The molecule has 2 heterocycles. The van der Waals surface area contributed by atoms with E-state index in [4.69, 9.17) is 11.6 Å². The molecule has 0 bridgehead atoms. The van der Waals surface area contributed by atoms with Gasteiger partial charge in [0.1, 0.15) is 5.69 Å². The molecular weight excluding hydrogens is 522 g/mol. The quantitative estimate of drug-likeness (QED) is 0.301. The average Bonchev–Trinajstić information content (AvgIpc) is 3.17. The number of aromatic amines is 1. The Kier molecular flexibility index (Phi) is 6.93. The Morgan fingerprint density at radius 1 is 0.921 bits per heavy atom. The highest BCUT2D eigenvalue weighted by atomic mass is 35.5. The molecule has 0 saturated heterocycles. The Morgan fingerprint density at radius 3 is 2.39 bits per heavy atom. The third kappa shape index (κ3) is 5.41. The van der Waals surface area contributed by atoms with Crippen LogP contribution >= 0.6 is 11.6 Å². The first-order valence-electron chi connectivity index (χ1n) is 11.8. The van der Waals surface area contributed by atoms with Crippen molar-refractivity contribution in [1.82, 2.24) is 14.3 Å². The Labute approximate surface area is 224 Å². The molecule has 0 saturated carbocycles. The number of hydrogen-bond acceptors (Lipinski definition) is 4. The highest BCUT2D eigenvalue weighted by Gasteiger charge is 2.27. The molecule has 0 radical (unpaired) electrons. The van der Waals surface area contributed by atoms with Gasteiger partial charge in [0.15, 0.2) is 0 Å². The molecule has 2 aromatic heterocycles. The number of rotatable bonds is 7. The number of nitrogens with one attached hydrogen (secondary N) is 2. The Hall–Kier alpha value is -4.14. The zero-order valence-corrected chi connectivity index (χ0v) is 22.0. The number of halogens is 1. The summed E-state index contributed by atoms with van der Waals surface area (Å²) in [6, 6.07) is 26.5. The number of fused-ring (bicyclic) bond motifs is 1. The molecule has 38 heavy (non-hydrogen) atoms.